The number of ketones is 1. The van der Waals surface area contributed by atoms with Crippen molar-refractivity contribution < 1.29 is 13.6 Å². The maximum Gasteiger partial charge on any atom is 0.179 e. The fourth-order valence-electron chi connectivity index (χ4n) is 1.91. The number of carbonyl (C=O) groups excluding carboxylic acids is 1. The molecule has 1 unspecified atom stereocenters. The number of halogens is 2. The van der Waals surface area contributed by atoms with E-state index in [0.29, 0.717) is 11.3 Å². The van der Waals surface area contributed by atoms with Crippen molar-refractivity contribution >= 4 is 17.5 Å². The Balaban J connectivity index is 2.49. The van der Waals surface area contributed by atoms with Crippen molar-refractivity contribution in [1.29, 1.82) is 0 Å². The van der Waals surface area contributed by atoms with Gasteiger partial charge >= 0.3 is 0 Å². The Bertz CT molecular complexity index is 443. The van der Waals surface area contributed by atoms with E-state index in [4.69, 9.17) is 0 Å². The first-order valence-electron chi connectivity index (χ1n) is 5.14. The minimum absolute atomic E-state index is 0.0823. The first-order chi connectivity index (χ1) is 7.50. The Kier molecular flexibility index (Phi) is 3.02. The molecule has 1 atom stereocenters. The SMILES string of the molecule is CC(C)C1SCc2cc(F)cc(F)c2C1=O. The predicted octanol–water partition coefficient (Wildman–Crippen LogP) is 3.42. The number of thioether (sulfide) groups is 1. The molecule has 1 aliphatic rings. The second kappa shape index (κ2) is 4.17. The zero-order valence-corrected chi connectivity index (χ0v) is 9.91. The third-order valence-electron chi connectivity index (χ3n) is 2.67. The van der Waals surface area contributed by atoms with Gasteiger partial charge in [0, 0.05) is 11.8 Å². The van der Waals surface area contributed by atoms with Gasteiger partial charge in [-0.1, -0.05) is 13.8 Å². The number of fused-ring (bicyclic) bond motifs is 1. The topological polar surface area (TPSA) is 17.1 Å². The molecule has 4 heteroatoms. The molecule has 2 rings (SSSR count). The zero-order chi connectivity index (χ0) is 11.9. The Morgan fingerprint density at radius 2 is 2.06 bits per heavy atom. The van der Waals surface area contributed by atoms with Crippen LogP contribution in [0.3, 0.4) is 0 Å². The van der Waals surface area contributed by atoms with E-state index in [2.05, 4.69) is 0 Å². The van der Waals surface area contributed by atoms with Crippen LogP contribution in [-0.2, 0) is 5.75 Å². The van der Waals surface area contributed by atoms with Gasteiger partial charge in [0.15, 0.2) is 5.78 Å². The number of Topliss-reactive ketones (excluding diaryl/α,β-unsaturated/α-hetero) is 1. The van der Waals surface area contributed by atoms with Crippen LogP contribution in [-0.4, -0.2) is 11.0 Å². The molecule has 0 N–H and O–H groups in total. The van der Waals surface area contributed by atoms with Crippen LogP contribution in [0.5, 0.6) is 0 Å². The lowest BCUT2D eigenvalue weighted by atomic mass is 9.96. The molecule has 1 nitrogen and oxygen atoms in total. The van der Waals surface area contributed by atoms with Crippen LogP contribution in [0, 0.1) is 17.6 Å². The normalized spacial score (nSPS) is 20.1. The smallest absolute Gasteiger partial charge is 0.179 e. The summed E-state index contributed by atoms with van der Waals surface area (Å²) in [7, 11) is 0. The summed E-state index contributed by atoms with van der Waals surface area (Å²) >= 11 is 1.46. The van der Waals surface area contributed by atoms with E-state index in [1.807, 2.05) is 13.8 Å². The van der Waals surface area contributed by atoms with Crippen LogP contribution in [0.4, 0.5) is 8.78 Å². The molecule has 86 valence electrons. The number of hydrogen-bond acceptors (Lipinski definition) is 2. The lowest BCUT2D eigenvalue weighted by Crippen LogP contribution is -2.29. The molecular formula is C12H12F2OS. The van der Waals surface area contributed by atoms with E-state index in [0.717, 1.165) is 6.07 Å². The number of hydrogen-bond donors (Lipinski definition) is 0. The zero-order valence-electron chi connectivity index (χ0n) is 9.09. The molecule has 0 saturated heterocycles. The summed E-state index contributed by atoms with van der Waals surface area (Å²) in [4.78, 5) is 12.0. The molecule has 0 aromatic heterocycles. The molecule has 0 spiro atoms. The highest BCUT2D eigenvalue weighted by molar-refractivity contribution is 8.00. The molecular weight excluding hydrogens is 230 g/mol. The third-order valence-corrected chi connectivity index (χ3v) is 4.26. The summed E-state index contributed by atoms with van der Waals surface area (Å²) in [5.74, 6) is -0.897. The van der Waals surface area contributed by atoms with Crippen molar-refractivity contribution in [3.05, 3.63) is 34.9 Å². The molecule has 1 aromatic carbocycles. The van der Waals surface area contributed by atoms with Gasteiger partial charge in [-0.3, -0.25) is 4.79 Å². The molecule has 1 aliphatic heterocycles. The van der Waals surface area contributed by atoms with Crippen molar-refractivity contribution in [1.82, 2.24) is 0 Å². The van der Waals surface area contributed by atoms with E-state index < -0.39 is 11.6 Å². The Morgan fingerprint density at radius 1 is 1.38 bits per heavy atom. The summed E-state index contributed by atoms with van der Waals surface area (Å²) in [6, 6.07) is 2.03. The lowest BCUT2D eigenvalue weighted by Gasteiger charge is -2.25. The fourth-order valence-corrected chi connectivity index (χ4v) is 3.15. The molecule has 1 aromatic rings. The standard InChI is InChI=1S/C12H12F2OS/c1-6(2)12-11(15)10-7(5-16-12)3-8(13)4-9(10)14/h3-4,6,12H,5H2,1-2H3. The highest BCUT2D eigenvalue weighted by Crippen LogP contribution is 2.35. The van der Waals surface area contributed by atoms with Gasteiger partial charge in [-0.25, -0.2) is 8.78 Å². The summed E-state index contributed by atoms with van der Waals surface area (Å²) < 4.78 is 26.5. The van der Waals surface area contributed by atoms with Crippen molar-refractivity contribution in [2.24, 2.45) is 5.92 Å². The van der Waals surface area contributed by atoms with Crippen molar-refractivity contribution in [3.63, 3.8) is 0 Å². The van der Waals surface area contributed by atoms with Crippen LogP contribution < -0.4 is 0 Å². The molecule has 0 saturated carbocycles. The predicted molar refractivity (Wildman–Crippen MR) is 60.6 cm³/mol. The quantitative estimate of drug-likeness (QED) is 0.750. The lowest BCUT2D eigenvalue weighted by molar-refractivity contribution is 0.0969. The van der Waals surface area contributed by atoms with Gasteiger partial charge in [-0.2, -0.15) is 0 Å². The molecule has 0 bridgehead atoms. The van der Waals surface area contributed by atoms with E-state index in [1.54, 1.807) is 0 Å². The highest BCUT2D eigenvalue weighted by Gasteiger charge is 2.32. The van der Waals surface area contributed by atoms with Gasteiger partial charge in [0.05, 0.1) is 10.8 Å². The van der Waals surface area contributed by atoms with Crippen LogP contribution in [0.2, 0.25) is 0 Å². The summed E-state index contributed by atoms with van der Waals surface area (Å²) in [5, 5.41) is -0.215. The number of carbonyl (C=O) groups is 1. The van der Waals surface area contributed by atoms with E-state index in [-0.39, 0.29) is 22.5 Å². The monoisotopic (exact) mass is 242 g/mol. The average Bonchev–Trinajstić information content (AvgIpc) is 2.15. The molecule has 1 heterocycles. The van der Waals surface area contributed by atoms with Gasteiger partial charge in [0.1, 0.15) is 11.6 Å². The van der Waals surface area contributed by atoms with Gasteiger partial charge in [-0.05, 0) is 17.5 Å². The molecule has 0 aliphatic carbocycles. The average molecular weight is 242 g/mol. The first-order valence-corrected chi connectivity index (χ1v) is 6.19. The molecule has 16 heavy (non-hydrogen) atoms. The summed E-state index contributed by atoms with van der Waals surface area (Å²) in [6.07, 6.45) is 0. The minimum atomic E-state index is -0.731. The van der Waals surface area contributed by atoms with E-state index in [1.165, 1.54) is 17.8 Å². The van der Waals surface area contributed by atoms with Crippen LogP contribution >= 0.6 is 11.8 Å². The maximum absolute atomic E-state index is 13.5. The van der Waals surface area contributed by atoms with E-state index >= 15 is 0 Å². The van der Waals surface area contributed by atoms with Crippen molar-refractivity contribution in [2.75, 3.05) is 0 Å². The number of benzene rings is 1. The largest absolute Gasteiger partial charge is 0.293 e. The Morgan fingerprint density at radius 3 is 2.69 bits per heavy atom. The fraction of sp³-hybridized carbons (Fsp3) is 0.417. The van der Waals surface area contributed by atoms with Crippen LogP contribution in [0.25, 0.3) is 0 Å². The molecule has 0 amide bonds. The third kappa shape index (κ3) is 1.86. The van der Waals surface area contributed by atoms with Crippen molar-refractivity contribution in [3.8, 4) is 0 Å². The van der Waals surface area contributed by atoms with Gasteiger partial charge in [0.25, 0.3) is 0 Å². The number of rotatable bonds is 1. The van der Waals surface area contributed by atoms with Gasteiger partial charge in [-0.15, -0.1) is 11.8 Å². The summed E-state index contributed by atoms with van der Waals surface area (Å²) in [5.41, 5.74) is 0.559. The maximum atomic E-state index is 13.5. The molecule has 0 fully saturated rings. The second-order valence-corrected chi connectivity index (χ2v) is 5.39. The van der Waals surface area contributed by atoms with Crippen LogP contribution in [0.15, 0.2) is 12.1 Å². The summed E-state index contributed by atoms with van der Waals surface area (Å²) in [6.45, 7) is 3.87. The first kappa shape index (κ1) is 11.6. The van der Waals surface area contributed by atoms with Gasteiger partial charge in [0.2, 0.25) is 0 Å². The van der Waals surface area contributed by atoms with Gasteiger partial charge < -0.3 is 0 Å². The van der Waals surface area contributed by atoms with E-state index in [9.17, 15) is 13.6 Å². The second-order valence-electron chi connectivity index (χ2n) is 4.26. The Labute approximate surface area is 97.2 Å². The van der Waals surface area contributed by atoms with Crippen molar-refractivity contribution in [2.45, 2.75) is 24.9 Å². The Hall–Kier alpha value is -0.900. The molecule has 0 radical (unpaired) electrons. The minimum Gasteiger partial charge on any atom is -0.293 e. The highest BCUT2D eigenvalue weighted by atomic mass is 32.2. The van der Waals surface area contributed by atoms with Crippen LogP contribution in [0.1, 0.15) is 29.8 Å².